The number of carboxylic acid groups (broad SMARTS) is 1. The van der Waals surface area contributed by atoms with Gasteiger partial charge >= 0.3 is 5.97 Å². The van der Waals surface area contributed by atoms with Crippen LogP contribution in [-0.4, -0.2) is 24.2 Å². The lowest BCUT2D eigenvalue weighted by Gasteiger charge is -2.24. The first-order valence-electron chi connectivity index (χ1n) is 7.35. The van der Waals surface area contributed by atoms with Gasteiger partial charge in [0, 0.05) is 24.2 Å². The molecule has 0 radical (unpaired) electrons. The zero-order valence-electron chi connectivity index (χ0n) is 13.1. The fraction of sp³-hybridized carbons (Fsp3) is 0.278. The van der Waals surface area contributed by atoms with Crippen molar-refractivity contribution < 1.29 is 14.6 Å². The van der Waals surface area contributed by atoms with Crippen LogP contribution in [0, 0.1) is 0 Å². The molecule has 4 nitrogen and oxygen atoms in total. The first kappa shape index (κ1) is 17.7. The molecule has 2 N–H and O–H groups in total. The largest absolute Gasteiger partial charge is 0.478 e. The summed E-state index contributed by atoms with van der Waals surface area (Å²) in [5.74, 6) is -0.912. The van der Waals surface area contributed by atoms with Crippen LogP contribution in [0.3, 0.4) is 0 Å². The van der Waals surface area contributed by atoms with Gasteiger partial charge in [0.05, 0.1) is 11.7 Å². The van der Waals surface area contributed by atoms with Gasteiger partial charge in [-0.25, -0.2) is 4.79 Å². The van der Waals surface area contributed by atoms with E-state index in [1.165, 1.54) is 0 Å². The number of methoxy groups -OCH3 is 1. The van der Waals surface area contributed by atoms with E-state index in [0.29, 0.717) is 12.1 Å². The van der Waals surface area contributed by atoms with Gasteiger partial charge in [-0.15, -0.1) is 0 Å². The zero-order chi connectivity index (χ0) is 16.8. The Hall–Kier alpha value is -1.69. The number of hydrogen-bond donors (Lipinski definition) is 2. The Labute approximate surface area is 144 Å². The Bertz CT molecular complexity index is 658. The van der Waals surface area contributed by atoms with Crippen molar-refractivity contribution >= 4 is 21.9 Å². The summed E-state index contributed by atoms with van der Waals surface area (Å²) < 4.78 is 6.65. The van der Waals surface area contributed by atoms with Gasteiger partial charge in [0.1, 0.15) is 0 Å². The minimum absolute atomic E-state index is 0.0780. The molecule has 2 unspecified atom stereocenters. The van der Waals surface area contributed by atoms with Crippen molar-refractivity contribution in [3.05, 3.63) is 69.7 Å². The number of rotatable bonds is 7. The van der Waals surface area contributed by atoms with Crippen molar-refractivity contribution in [2.75, 3.05) is 7.11 Å². The van der Waals surface area contributed by atoms with Crippen molar-refractivity contribution in [1.29, 1.82) is 0 Å². The lowest BCUT2D eigenvalue weighted by molar-refractivity contribution is 0.0696. The number of benzene rings is 2. The van der Waals surface area contributed by atoms with Crippen molar-refractivity contribution in [2.45, 2.75) is 25.6 Å². The van der Waals surface area contributed by atoms with E-state index in [1.807, 2.05) is 30.3 Å². The topological polar surface area (TPSA) is 58.6 Å². The zero-order valence-corrected chi connectivity index (χ0v) is 14.7. The van der Waals surface area contributed by atoms with E-state index >= 15 is 0 Å². The molecule has 0 fully saturated rings. The minimum Gasteiger partial charge on any atom is -0.478 e. The minimum atomic E-state index is -0.912. The fourth-order valence-electron chi connectivity index (χ4n) is 2.48. The summed E-state index contributed by atoms with van der Waals surface area (Å²) in [5.41, 5.74) is 2.32. The molecule has 0 aliphatic heterocycles. The standard InChI is InChI=1S/C18H20BrNO3/c1-12(17(23-2)14-6-8-16(19)9-7-14)20-11-13-4-3-5-15(10-13)18(21)22/h3-10,12,17,20H,11H2,1-2H3,(H,21,22). The van der Waals surface area contributed by atoms with Crippen LogP contribution < -0.4 is 5.32 Å². The van der Waals surface area contributed by atoms with E-state index in [2.05, 4.69) is 28.2 Å². The predicted octanol–water partition coefficient (Wildman–Crippen LogP) is 4.01. The maximum Gasteiger partial charge on any atom is 0.335 e. The Balaban J connectivity index is 2.02. The summed E-state index contributed by atoms with van der Waals surface area (Å²) >= 11 is 3.43. The Morgan fingerprint density at radius 1 is 1.26 bits per heavy atom. The molecule has 0 aliphatic carbocycles. The van der Waals surface area contributed by atoms with Crippen LogP contribution in [0.25, 0.3) is 0 Å². The molecule has 0 bridgehead atoms. The number of aromatic carboxylic acids is 1. The number of nitrogens with one attached hydrogen (secondary N) is 1. The second-order valence-electron chi connectivity index (χ2n) is 5.38. The third-order valence-corrected chi connectivity index (χ3v) is 4.24. The van der Waals surface area contributed by atoms with Crippen molar-refractivity contribution in [1.82, 2.24) is 5.32 Å². The number of ether oxygens (including phenoxy) is 1. The molecule has 2 aromatic rings. The molecular weight excluding hydrogens is 358 g/mol. The molecule has 0 aromatic heterocycles. The quantitative estimate of drug-likeness (QED) is 0.764. The van der Waals surface area contributed by atoms with Crippen molar-refractivity contribution in [3.63, 3.8) is 0 Å². The number of halogens is 1. The van der Waals surface area contributed by atoms with Crippen LogP contribution >= 0.6 is 15.9 Å². The highest BCUT2D eigenvalue weighted by Gasteiger charge is 2.18. The molecule has 2 rings (SSSR count). The maximum absolute atomic E-state index is 11.0. The summed E-state index contributed by atoms with van der Waals surface area (Å²) in [6.07, 6.45) is -0.0780. The lowest BCUT2D eigenvalue weighted by Crippen LogP contribution is -2.32. The number of carbonyl (C=O) groups is 1. The highest BCUT2D eigenvalue weighted by molar-refractivity contribution is 9.10. The molecule has 2 atom stereocenters. The molecule has 5 heteroatoms. The summed E-state index contributed by atoms with van der Waals surface area (Å²) in [4.78, 5) is 11.0. The van der Waals surface area contributed by atoms with Crippen LogP contribution in [0.4, 0.5) is 0 Å². The van der Waals surface area contributed by atoms with Crippen LogP contribution in [0.5, 0.6) is 0 Å². The average Bonchev–Trinajstić information content (AvgIpc) is 2.55. The predicted molar refractivity (Wildman–Crippen MR) is 93.6 cm³/mol. The molecule has 2 aromatic carbocycles. The number of hydrogen-bond acceptors (Lipinski definition) is 3. The van der Waals surface area contributed by atoms with E-state index in [9.17, 15) is 4.79 Å². The Morgan fingerprint density at radius 2 is 1.96 bits per heavy atom. The molecule has 0 amide bonds. The average molecular weight is 378 g/mol. The van der Waals surface area contributed by atoms with Gasteiger partial charge in [0.15, 0.2) is 0 Å². The summed E-state index contributed by atoms with van der Waals surface area (Å²) in [7, 11) is 1.69. The van der Waals surface area contributed by atoms with Crippen molar-refractivity contribution in [2.24, 2.45) is 0 Å². The van der Waals surface area contributed by atoms with Gasteiger partial charge in [-0.3, -0.25) is 0 Å². The van der Waals surface area contributed by atoms with Crippen LogP contribution in [0.1, 0.15) is 34.5 Å². The van der Waals surface area contributed by atoms with E-state index in [1.54, 1.807) is 25.3 Å². The van der Waals surface area contributed by atoms with Gasteiger partial charge < -0.3 is 15.2 Å². The summed E-state index contributed by atoms with van der Waals surface area (Å²) in [6, 6.07) is 15.1. The van der Waals surface area contributed by atoms with Gasteiger partial charge in [-0.05, 0) is 42.3 Å². The highest BCUT2D eigenvalue weighted by atomic mass is 79.9. The van der Waals surface area contributed by atoms with Crippen LogP contribution in [-0.2, 0) is 11.3 Å². The van der Waals surface area contributed by atoms with Gasteiger partial charge in [0.2, 0.25) is 0 Å². The smallest absolute Gasteiger partial charge is 0.335 e. The first-order valence-corrected chi connectivity index (χ1v) is 8.14. The molecule has 0 saturated heterocycles. The molecule has 122 valence electrons. The Morgan fingerprint density at radius 3 is 2.57 bits per heavy atom. The highest BCUT2D eigenvalue weighted by Crippen LogP contribution is 2.23. The van der Waals surface area contributed by atoms with Crippen LogP contribution in [0.15, 0.2) is 53.0 Å². The third-order valence-electron chi connectivity index (χ3n) is 3.71. The van der Waals surface area contributed by atoms with Gasteiger partial charge in [-0.2, -0.15) is 0 Å². The summed E-state index contributed by atoms with van der Waals surface area (Å²) in [5, 5.41) is 12.4. The third kappa shape index (κ3) is 4.89. The van der Waals surface area contributed by atoms with E-state index in [4.69, 9.17) is 9.84 Å². The first-order chi connectivity index (χ1) is 11.0. The molecule has 0 aliphatic rings. The molecular formula is C18H20BrNO3. The molecule has 0 heterocycles. The monoisotopic (exact) mass is 377 g/mol. The Kier molecular flexibility index (Phi) is 6.33. The lowest BCUT2D eigenvalue weighted by atomic mass is 10.0. The van der Waals surface area contributed by atoms with Crippen molar-refractivity contribution in [3.8, 4) is 0 Å². The second-order valence-corrected chi connectivity index (χ2v) is 6.30. The van der Waals surface area contributed by atoms with E-state index < -0.39 is 5.97 Å². The van der Waals surface area contributed by atoms with Gasteiger partial charge in [-0.1, -0.05) is 40.2 Å². The normalized spacial score (nSPS) is 13.5. The molecule has 0 spiro atoms. The van der Waals surface area contributed by atoms with E-state index in [0.717, 1.165) is 15.6 Å². The fourth-order valence-corrected chi connectivity index (χ4v) is 2.75. The maximum atomic E-state index is 11.0. The number of carboxylic acids is 1. The van der Waals surface area contributed by atoms with E-state index in [-0.39, 0.29) is 12.1 Å². The van der Waals surface area contributed by atoms with Gasteiger partial charge in [0.25, 0.3) is 0 Å². The summed E-state index contributed by atoms with van der Waals surface area (Å²) in [6.45, 7) is 2.63. The van der Waals surface area contributed by atoms with Crippen LogP contribution in [0.2, 0.25) is 0 Å². The SMILES string of the molecule is COC(c1ccc(Br)cc1)C(C)NCc1cccc(C(=O)O)c1. The molecule has 23 heavy (non-hydrogen) atoms. The second kappa shape index (κ2) is 8.24. The molecule has 0 saturated carbocycles.